The summed E-state index contributed by atoms with van der Waals surface area (Å²) in [5, 5.41) is 21.0. The molecule has 1 atom stereocenters. The predicted molar refractivity (Wildman–Crippen MR) is 122 cm³/mol. The molecule has 158 valence electrons. The van der Waals surface area contributed by atoms with Gasteiger partial charge in [-0.1, -0.05) is 6.07 Å². The lowest BCUT2D eigenvalue weighted by molar-refractivity contribution is 0.474. The van der Waals surface area contributed by atoms with Crippen LogP contribution in [0.5, 0.6) is 5.75 Å². The van der Waals surface area contributed by atoms with Gasteiger partial charge in [0.2, 0.25) is 0 Å². The largest absolute Gasteiger partial charge is 0.507 e. The van der Waals surface area contributed by atoms with Crippen molar-refractivity contribution < 1.29 is 5.11 Å². The maximum atomic E-state index is 10.8. The number of nitrogens with one attached hydrogen (secondary N) is 1. The minimum atomic E-state index is 0.230. The van der Waals surface area contributed by atoms with Gasteiger partial charge in [0.15, 0.2) is 0 Å². The van der Waals surface area contributed by atoms with E-state index in [1.807, 2.05) is 38.5 Å². The fourth-order valence-electron chi connectivity index (χ4n) is 4.66. The first-order valence-electron chi connectivity index (χ1n) is 11.0. The molecule has 1 aliphatic carbocycles. The Hall–Kier alpha value is -3.19. The van der Waals surface area contributed by atoms with Gasteiger partial charge in [-0.05, 0) is 44.4 Å². The normalized spacial score (nSPS) is 19.0. The van der Waals surface area contributed by atoms with E-state index in [0.717, 1.165) is 63.6 Å². The summed E-state index contributed by atoms with van der Waals surface area (Å²) in [6, 6.07) is 9.44. The van der Waals surface area contributed by atoms with Gasteiger partial charge in [0.25, 0.3) is 0 Å². The number of aromatic nitrogens is 4. The van der Waals surface area contributed by atoms with E-state index in [0.29, 0.717) is 6.04 Å². The van der Waals surface area contributed by atoms with Crippen LogP contribution < -0.4 is 10.2 Å². The van der Waals surface area contributed by atoms with Crippen LogP contribution in [0, 0.1) is 6.92 Å². The Labute approximate surface area is 180 Å². The number of fused-ring (bicyclic) bond motifs is 2. The Balaban J connectivity index is 1.32. The molecule has 7 nitrogen and oxygen atoms in total. The van der Waals surface area contributed by atoms with E-state index < -0.39 is 0 Å². The molecule has 1 saturated heterocycles. The van der Waals surface area contributed by atoms with Crippen LogP contribution in [0.2, 0.25) is 0 Å². The van der Waals surface area contributed by atoms with Crippen LogP contribution in [0.25, 0.3) is 33.1 Å². The second kappa shape index (κ2) is 6.92. The maximum Gasteiger partial charge on any atom is 0.130 e. The Bertz CT molecular complexity index is 1310. The number of nitrogens with zero attached hydrogens (tertiary/aromatic N) is 5. The average Bonchev–Trinajstić information content (AvgIpc) is 3.32. The standard InChI is InChI=1S/C24H26N6O/c1-14-23-16(12-29(2)28-23)9-19(24(14)31)20-6-3-15-10-22(25-11-21(15)27-20)30-8-7-18(13-30)26-17-4-5-17/h3,6,9-12,17-18,26,31H,4-5,7-8,13H2,1-2H3/t18-/m0/s1. The summed E-state index contributed by atoms with van der Waals surface area (Å²) in [7, 11) is 1.89. The molecule has 0 spiro atoms. The minimum absolute atomic E-state index is 0.230. The summed E-state index contributed by atoms with van der Waals surface area (Å²) < 4.78 is 1.77. The van der Waals surface area contributed by atoms with Crippen molar-refractivity contribution in [3.63, 3.8) is 0 Å². The van der Waals surface area contributed by atoms with Gasteiger partial charge < -0.3 is 15.3 Å². The lowest BCUT2D eigenvalue weighted by Gasteiger charge is -2.18. The van der Waals surface area contributed by atoms with E-state index in [9.17, 15) is 5.11 Å². The Morgan fingerprint density at radius 3 is 2.81 bits per heavy atom. The lowest BCUT2D eigenvalue weighted by atomic mass is 10.0. The second-order valence-electron chi connectivity index (χ2n) is 8.94. The Kier molecular flexibility index (Phi) is 4.14. The van der Waals surface area contributed by atoms with Crippen LogP contribution in [-0.2, 0) is 7.05 Å². The molecular weight excluding hydrogens is 388 g/mol. The van der Waals surface area contributed by atoms with Crippen molar-refractivity contribution in [3.8, 4) is 17.0 Å². The van der Waals surface area contributed by atoms with Crippen LogP contribution >= 0.6 is 0 Å². The highest BCUT2D eigenvalue weighted by atomic mass is 16.3. The molecule has 2 N–H and O–H groups in total. The molecule has 0 bridgehead atoms. The SMILES string of the molecule is Cc1c(O)c(-c2ccc3cc(N4CC[C@H](NC5CC5)C4)ncc3n2)cc2cn(C)nc12. The number of aryl methyl sites for hydroxylation is 2. The topological polar surface area (TPSA) is 79.1 Å². The van der Waals surface area contributed by atoms with Crippen molar-refractivity contribution in [2.45, 2.75) is 38.3 Å². The summed E-state index contributed by atoms with van der Waals surface area (Å²) in [6.45, 7) is 3.94. The third kappa shape index (κ3) is 3.29. The van der Waals surface area contributed by atoms with Crippen LogP contribution in [0.15, 0.2) is 36.7 Å². The van der Waals surface area contributed by atoms with E-state index in [4.69, 9.17) is 9.97 Å². The van der Waals surface area contributed by atoms with E-state index in [2.05, 4.69) is 27.4 Å². The van der Waals surface area contributed by atoms with E-state index in [-0.39, 0.29) is 5.75 Å². The summed E-state index contributed by atoms with van der Waals surface area (Å²) >= 11 is 0. The fraction of sp³-hybridized carbons (Fsp3) is 0.375. The first-order valence-corrected chi connectivity index (χ1v) is 11.0. The molecule has 1 saturated carbocycles. The third-order valence-corrected chi connectivity index (χ3v) is 6.52. The van der Waals surface area contributed by atoms with Gasteiger partial charge in [-0.3, -0.25) is 4.68 Å². The van der Waals surface area contributed by atoms with E-state index in [1.54, 1.807) is 4.68 Å². The highest BCUT2D eigenvalue weighted by molar-refractivity contribution is 5.92. The number of phenols is 1. The van der Waals surface area contributed by atoms with E-state index in [1.165, 1.54) is 19.3 Å². The van der Waals surface area contributed by atoms with Crippen LogP contribution in [0.1, 0.15) is 24.8 Å². The van der Waals surface area contributed by atoms with Crippen molar-refractivity contribution in [2.24, 2.45) is 7.05 Å². The van der Waals surface area contributed by atoms with Crippen molar-refractivity contribution in [2.75, 3.05) is 18.0 Å². The summed E-state index contributed by atoms with van der Waals surface area (Å²) in [4.78, 5) is 11.9. The summed E-state index contributed by atoms with van der Waals surface area (Å²) in [6.07, 6.45) is 7.62. The molecule has 1 aromatic carbocycles. The number of phenolic OH excluding ortho intramolecular Hbond substituents is 1. The fourth-order valence-corrected chi connectivity index (χ4v) is 4.66. The van der Waals surface area contributed by atoms with Gasteiger partial charge in [0.05, 0.1) is 22.9 Å². The van der Waals surface area contributed by atoms with Crippen LogP contribution in [0.3, 0.4) is 0 Å². The third-order valence-electron chi connectivity index (χ3n) is 6.52. The zero-order chi connectivity index (χ0) is 21.1. The number of benzene rings is 1. The molecule has 3 aromatic heterocycles. The second-order valence-corrected chi connectivity index (χ2v) is 8.94. The van der Waals surface area contributed by atoms with Crippen molar-refractivity contribution in [1.29, 1.82) is 0 Å². The van der Waals surface area contributed by atoms with Gasteiger partial charge in [-0.25, -0.2) is 9.97 Å². The molecule has 0 radical (unpaired) electrons. The molecule has 0 unspecified atom stereocenters. The van der Waals surface area contributed by atoms with Gasteiger partial charge in [0, 0.05) is 60.3 Å². The number of aromatic hydroxyl groups is 1. The van der Waals surface area contributed by atoms with Gasteiger partial charge in [-0.2, -0.15) is 5.10 Å². The number of rotatable bonds is 4. The molecule has 7 heteroatoms. The number of hydrogen-bond donors (Lipinski definition) is 2. The van der Waals surface area contributed by atoms with Gasteiger partial charge >= 0.3 is 0 Å². The van der Waals surface area contributed by atoms with Gasteiger partial charge in [0.1, 0.15) is 11.6 Å². The smallest absolute Gasteiger partial charge is 0.130 e. The molecule has 0 amide bonds. The maximum absolute atomic E-state index is 10.8. The molecule has 1 aliphatic heterocycles. The van der Waals surface area contributed by atoms with E-state index >= 15 is 0 Å². The predicted octanol–water partition coefficient (Wildman–Crippen LogP) is 3.53. The Morgan fingerprint density at radius 1 is 1.10 bits per heavy atom. The monoisotopic (exact) mass is 414 g/mol. The zero-order valence-electron chi connectivity index (χ0n) is 17.8. The minimum Gasteiger partial charge on any atom is -0.507 e. The van der Waals surface area contributed by atoms with Crippen molar-refractivity contribution in [3.05, 3.63) is 42.2 Å². The van der Waals surface area contributed by atoms with Crippen LogP contribution in [0.4, 0.5) is 5.82 Å². The van der Waals surface area contributed by atoms with Crippen LogP contribution in [-0.4, -0.2) is 50.0 Å². The molecule has 4 heterocycles. The molecular formula is C24H26N6O. The molecule has 2 fully saturated rings. The summed E-state index contributed by atoms with van der Waals surface area (Å²) in [5.74, 6) is 1.24. The highest BCUT2D eigenvalue weighted by Gasteiger charge is 2.29. The number of pyridine rings is 2. The highest BCUT2D eigenvalue weighted by Crippen LogP contribution is 2.36. The average molecular weight is 415 g/mol. The number of hydrogen-bond acceptors (Lipinski definition) is 6. The van der Waals surface area contributed by atoms with Crippen molar-refractivity contribution in [1.82, 2.24) is 25.1 Å². The summed E-state index contributed by atoms with van der Waals surface area (Å²) in [5.41, 5.74) is 3.88. The quantitative estimate of drug-likeness (QED) is 0.532. The molecule has 4 aromatic rings. The Morgan fingerprint density at radius 2 is 1.97 bits per heavy atom. The molecule has 31 heavy (non-hydrogen) atoms. The zero-order valence-corrected chi connectivity index (χ0v) is 17.8. The number of anilines is 1. The first kappa shape index (κ1) is 18.6. The molecule has 2 aliphatic rings. The lowest BCUT2D eigenvalue weighted by Crippen LogP contribution is -2.34. The first-order chi connectivity index (χ1) is 15.0. The molecule has 6 rings (SSSR count). The van der Waals surface area contributed by atoms with Gasteiger partial charge in [-0.15, -0.1) is 0 Å². The van der Waals surface area contributed by atoms with Crippen molar-refractivity contribution >= 4 is 27.6 Å².